The van der Waals surface area contributed by atoms with E-state index in [0.717, 1.165) is 25.9 Å². The zero-order valence-corrected chi connectivity index (χ0v) is 9.06. The molecule has 2 N–H and O–H groups in total. The predicted octanol–water partition coefficient (Wildman–Crippen LogP) is 2.17. The van der Waals surface area contributed by atoms with Crippen molar-refractivity contribution in [2.75, 3.05) is 23.7 Å². The fourth-order valence-electron chi connectivity index (χ4n) is 2.08. The van der Waals surface area contributed by atoms with Crippen LogP contribution in [-0.2, 0) is 0 Å². The fraction of sp³-hybridized carbons (Fsp3) is 0.455. The van der Waals surface area contributed by atoms with Gasteiger partial charge in [-0.05, 0) is 31.4 Å². The molecule has 0 aliphatic carbocycles. The molecule has 1 saturated heterocycles. The van der Waals surface area contributed by atoms with E-state index in [2.05, 4.69) is 4.90 Å². The quantitative estimate of drug-likeness (QED) is 0.472. The van der Waals surface area contributed by atoms with Crippen LogP contribution in [0.15, 0.2) is 18.2 Å². The Kier molecular flexibility index (Phi) is 2.94. The predicted molar refractivity (Wildman–Crippen MR) is 63.6 cm³/mol. The highest BCUT2D eigenvalue weighted by Crippen LogP contribution is 2.31. The highest BCUT2D eigenvalue weighted by molar-refractivity contribution is 5.68. The van der Waals surface area contributed by atoms with Crippen LogP contribution in [0.25, 0.3) is 0 Å². The third kappa shape index (κ3) is 2.08. The molecule has 0 amide bonds. The molecule has 1 heterocycles. The zero-order chi connectivity index (χ0) is 11.5. The van der Waals surface area contributed by atoms with Gasteiger partial charge in [0.1, 0.15) is 5.69 Å². The second kappa shape index (κ2) is 4.38. The minimum Gasteiger partial charge on any atom is -0.399 e. The summed E-state index contributed by atoms with van der Waals surface area (Å²) in [6.45, 7) is 1.76. The van der Waals surface area contributed by atoms with Crippen LogP contribution in [0.5, 0.6) is 0 Å². The van der Waals surface area contributed by atoms with Gasteiger partial charge < -0.3 is 10.6 Å². The molecule has 1 aliphatic rings. The van der Waals surface area contributed by atoms with Crippen molar-refractivity contribution in [2.24, 2.45) is 0 Å². The van der Waals surface area contributed by atoms with Crippen molar-refractivity contribution >= 4 is 17.1 Å². The monoisotopic (exact) mass is 221 g/mol. The molecule has 0 atom stereocenters. The molecule has 1 aromatic rings. The zero-order valence-electron chi connectivity index (χ0n) is 9.06. The van der Waals surface area contributed by atoms with Gasteiger partial charge in [-0.1, -0.05) is 0 Å². The molecule has 1 aliphatic heterocycles. The van der Waals surface area contributed by atoms with Gasteiger partial charge in [0, 0.05) is 24.8 Å². The van der Waals surface area contributed by atoms with E-state index in [0.29, 0.717) is 11.4 Å². The molecule has 0 radical (unpaired) electrons. The summed E-state index contributed by atoms with van der Waals surface area (Å²) in [5.74, 6) is 0. The molecule has 1 aromatic carbocycles. The normalized spacial score (nSPS) is 16.1. The highest BCUT2D eigenvalue weighted by atomic mass is 16.6. The first-order valence-corrected chi connectivity index (χ1v) is 5.47. The lowest BCUT2D eigenvalue weighted by atomic mass is 10.1. The minimum atomic E-state index is -0.344. The van der Waals surface area contributed by atoms with Gasteiger partial charge >= 0.3 is 0 Å². The Morgan fingerprint density at radius 1 is 1.25 bits per heavy atom. The van der Waals surface area contributed by atoms with Crippen LogP contribution >= 0.6 is 0 Å². The molecular weight excluding hydrogens is 206 g/mol. The number of benzene rings is 1. The summed E-state index contributed by atoms with van der Waals surface area (Å²) >= 11 is 0. The maximum absolute atomic E-state index is 10.9. The van der Waals surface area contributed by atoms with Crippen LogP contribution in [0.4, 0.5) is 17.1 Å². The first-order valence-electron chi connectivity index (χ1n) is 5.47. The lowest BCUT2D eigenvalue weighted by molar-refractivity contribution is -0.384. The van der Waals surface area contributed by atoms with Crippen molar-refractivity contribution in [1.82, 2.24) is 0 Å². The Hall–Kier alpha value is -1.78. The Bertz CT molecular complexity index is 400. The molecule has 86 valence electrons. The van der Waals surface area contributed by atoms with Crippen molar-refractivity contribution < 1.29 is 4.92 Å². The fourth-order valence-corrected chi connectivity index (χ4v) is 2.08. The molecule has 0 spiro atoms. The van der Waals surface area contributed by atoms with Gasteiger partial charge in [0.25, 0.3) is 5.69 Å². The van der Waals surface area contributed by atoms with Gasteiger partial charge in [-0.2, -0.15) is 0 Å². The number of nitrogens with zero attached hydrogens (tertiary/aromatic N) is 2. The van der Waals surface area contributed by atoms with E-state index in [1.807, 2.05) is 0 Å². The number of nitro benzene ring substituents is 1. The summed E-state index contributed by atoms with van der Waals surface area (Å²) in [5, 5.41) is 10.9. The standard InChI is InChI=1S/C11H15N3O2/c12-9-4-5-10(14(15)16)11(8-9)13-6-2-1-3-7-13/h4-5,8H,1-3,6-7,12H2. The summed E-state index contributed by atoms with van der Waals surface area (Å²) < 4.78 is 0. The molecule has 2 rings (SSSR count). The number of anilines is 2. The van der Waals surface area contributed by atoms with Gasteiger partial charge in [-0.3, -0.25) is 10.1 Å². The Morgan fingerprint density at radius 3 is 2.56 bits per heavy atom. The van der Waals surface area contributed by atoms with E-state index in [-0.39, 0.29) is 10.6 Å². The van der Waals surface area contributed by atoms with Gasteiger partial charge in [-0.15, -0.1) is 0 Å². The van der Waals surface area contributed by atoms with E-state index in [1.165, 1.54) is 12.5 Å². The summed E-state index contributed by atoms with van der Waals surface area (Å²) in [7, 11) is 0. The van der Waals surface area contributed by atoms with Crippen LogP contribution in [0.1, 0.15) is 19.3 Å². The molecule has 1 fully saturated rings. The van der Waals surface area contributed by atoms with E-state index < -0.39 is 0 Å². The largest absolute Gasteiger partial charge is 0.399 e. The topological polar surface area (TPSA) is 72.4 Å². The molecule has 5 heteroatoms. The molecular formula is C11H15N3O2. The highest BCUT2D eigenvalue weighted by Gasteiger charge is 2.20. The summed E-state index contributed by atoms with van der Waals surface area (Å²) in [5.41, 5.74) is 7.07. The van der Waals surface area contributed by atoms with E-state index in [4.69, 9.17) is 5.73 Å². The Morgan fingerprint density at radius 2 is 1.94 bits per heavy atom. The van der Waals surface area contributed by atoms with Crippen LogP contribution in [0.2, 0.25) is 0 Å². The van der Waals surface area contributed by atoms with Crippen LogP contribution in [0, 0.1) is 10.1 Å². The number of hydrogen-bond donors (Lipinski definition) is 1. The average molecular weight is 221 g/mol. The van der Waals surface area contributed by atoms with Crippen LogP contribution in [0.3, 0.4) is 0 Å². The van der Waals surface area contributed by atoms with Crippen LogP contribution < -0.4 is 10.6 Å². The number of nitrogens with two attached hydrogens (primary N) is 1. The lowest BCUT2D eigenvalue weighted by Crippen LogP contribution is -2.30. The van der Waals surface area contributed by atoms with Crippen LogP contribution in [-0.4, -0.2) is 18.0 Å². The number of rotatable bonds is 2. The number of nitrogen functional groups attached to an aromatic ring is 1. The molecule has 0 saturated carbocycles. The Labute approximate surface area is 94.0 Å². The van der Waals surface area contributed by atoms with Crippen molar-refractivity contribution in [3.8, 4) is 0 Å². The molecule has 0 bridgehead atoms. The molecule has 0 aromatic heterocycles. The maximum Gasteiger partial charge on any atom is 0.292 e. The first-order chi connectivity index (χ1) is 7.68. The summed E-state index contributed by atoms with van der Waals surface area (Å²) in [4.78, 5) is 12.6. The minimum absolute atomic E-state index is 0.149. The lowest BCUT2D eigenvalue weighted by Gasteiger charge is -2.28. The van der Waals surface area contributed by atoms with Crippen molar-refractivity contribution in [1.29, 1.82) is 0 Å². The molecule has 5 nitrogen and oxygen atoms in total. The third-order valence-corrected chi connectivity index (χ3v) is 2.89. The van der Waals surface area contributed by atoms with Crippen molar-refractivity contribution in [3.05, 3.63) is 28.3 Å². The first kappa shape index (κ1) is 10.7. The second-order valence-corrected chi connectivity index (χ2v) is 4.05. The second-order valence-electron chi connectivity index (χ2n) is 4.05. The molecule has 16 heavy (non-hydrogen) atoms. The number of hydrogen-bond acceptors (Lipinski definition) is 4. The van der Waals surface area contributed by atoms with Gasteiger partial charge in [0.2, 0.25) is 0 Å². The SMILES string of the molecule is Nc1ccc([N+](=O)[O-])c(N2CCCCC2)c1. The summed E-state index contributed by atoms with van der Waals surface area (Å²) in [6.07, 6.45) is 3.38. The van der Waals surface area contributed by atoms with E-state index in [1.54, 1.807) is 12.1 Å². The summed E-state index contributed by atoms with van der Waals surface area (Å²) in [6, 6.07) is 4.76. The number of piperidine rings is 1. The number of nitro groups is 1. The van der Waals surface area contributed by atoms with Gasteiger partial charge in [0.15, 0.2) is 0 Å². The van der Waals surface area contributed by atoms with E-state index in [9.17, 15) is 10.1 Å². The van der Waals surface area contributed by atoms with Gasteiger partial charge in [-0.25, -0.2) is 0 Å². The Balaban J connectivity index is 2.36. The third-order valence-electron chi connectivity index (χ3n) is 2.89. The van der Waals surface area contributed by atoms with E-state index >= 15 is 0 Å². The maximum atomic E-state index is 10.9. The average Bonchev–Trinajstić information content (AvgIpc) is 2.29. The van der Waals surface area contributed by atoms with Crippen molar-refractivity contribution in [2.45, 2.75) is 19.3 Å². The van der Waals surface area contributed by atoms with Gasteiger partial charge in [0.05, 0.1) is 4.92 Å². The van der Waals surface area contributed by atoms with Crippen molar-refractivity contribution in [3.63, 3.8) is 0 Å². The smallest absolute Gasteiger partial charge is 0.292 e. The molecule has 0 unspecified atom stereocenters.